The fourth-order valence-corrected chi connectivity index (χ4v) is 1.99. The van der Waals surface area contributed by atoms with Gasteiger partial charge in [0.2, 0.25) is 0 Å². The standard InChI is InChI=1S/C13H19N5O/c1-19-11-6-4-10(5-7-11)16-12(14)17-13(15)18-8-2-3-9-18/h4-7H,2-3,8-9H2,1H3,(H4,14,15,16,17). The molecule has 102 valence electrons. The van der Waals surface area contributed by atoms with Gasteiger partial charge < -0.3 is 15.0 Å². The third-order valence-corrected chi connectivity index (χ3v) is 3.03. The van der Waals surface area contributed by atoms with Crippen molar-refractivity contribution in [3.63, 3.8) is 0 Å². The topological polar surface area (TPSA) is 84.2 Å². The molecule has 1 aromatic carbocycles. The molecule has 1 aromatic rings. The van der Waals surface area contributed by atoms with Crippen molar-refractivity contribution < 1.29 is 4.74 Å². The second-order valence-corrected chi connectivity index (χ2v) is 4.40. The Labute approximate surface area is 112 Å². The first kappa shape index (κ1) is 13.2. The summed E-state index contributed by atoms with van der Waals surface area (Å²) >= 11 is 0. The largest absolute Gasteiger partial charge is 0.497 e. The summed E-state index contributed by atoms with van der Waals surface area (Å²) in [6.45, 7) is 1.78. The highest BCUT2D eigenvalue weighted by atomic mass is 16.5. The van der Waals surface area contributed by atoms with Crippen LogP contribution in [0.2, 0.25) is 0 Å². The van der Waals surface area contributed by atoms with Crippen LogP contribution in [0.3, 0.4) is 0 Å². The SMILES string of the molecule is COc1ccc(NC(=N)NC(=N)N2CCCC2)cc1. The Hall–Kier alpha value is -2.24. The third kappa shape index (κ3) is 3.61. The van der Waals surface area contributed by atoms with E-state index in [0.29, 0.717) is 0 Å². The van der Waals surface area contributed by atoms with Crippen LogP contribution in [0.25, 0.3) is 0 Å². The maximum Gasteiger partial charge on any atom is 0.199 e. The number of rotatable bonds is 2. The number of nitrogens with zero attached hydrogens (tertiary/aromatic N) is 1. The average Bonchev–Trinajstić information content (AvgIpc) is 2.93. The van der Waals surface area contributed by atoms with Crippen molar-refractivity contribution in [2.24, 2.45) is 0 Å². The van der Waals surface area contributed by atoms with E-state index < -0.39 is 0 Å². The molecule has 1 saturated heterocycles. The smallest absolute Gasteiger partial charge is 0.199 e. The van der Waals surface area contributed by atoms with Gasteiger partial charge in [-0.2, -0.15) is 0 Å². The summed E-state index contributed by atoms with van der Waals surface area (Å²) in [4.78, 5) is 1.93. The molecular weight excluding hydrogens is 242 g/mol. The minimum Gasteiger partial charge on any atom is -0.497 e. The molecule has 0 saturated carbocycles. The van der Waals surface area contributed by atoms with Gasteiger partial charge in [0, 0.05) is 18.8 Å². The van der Waals surface area contributed by atoms with Crippen molar-refractivity contribution in [1.29, 1.82) is 10.8 Å². The molecule has 0 unspecified atom stereocenters. The summed E-state index contributed by atoms with van der Waals surface area (Å²) in [5, 5.41) is 21.3. The Morgan fingerprint density at radius 3 is 2.37 bits per heavy atom. The number of hydrogen-bond donors (Lipinski definition) is 4. The lowest BCUT2D eigenvalue weighted by Crippen LogP contribution is -2.44. The van der Waals surface area contributed by atoms with Crippen LogP contribution < -0.4 is 15.4 Å². The minimum absolute atomic E-state index is 0.0991. The summed E-state index contributed by atoms with van der Waals surface area (Å²) in [7, 11) is 1.61. The van der Waals surface area contributed by atoms with E-state index in [-0.39, 0.29) is 11.9 Å². The third-order valence-electron chi connectivity index (χ3n) is 3.03. The molecule has 0 radical (unpaired) electrons. The second-order valence-electron chi connectivity index (χ2n) is 4.40. The van der Waals surface area contributed by atoms with Crippen molar-refractivity contribution in [2.45, 2.75) is 12.8 Å². The van der Waals surface area contributed by atoms with E-state index in [4.69, 9.17) is 15.6 Å². The average molecular weight is 261 g/mol. The summed E-state index contributed by atoms with van der Waals surface area (Å²) in [6.07, 6.45) is 2.23. The second kappa shape index (κ2) is 6.08. The lowest BCUT2D eigenvalue weighted by Gasteiger charge is -2.20. The van der Waals surface area contributed by atoms with Crippen LogP contribution in [0.5, 0.6) is 5.75 Å². The summed E-state index contributed by atoms with van der Waals surface area (Å²) in [5.41, 5.74) is 0.785. The van der Waals surface area contributed by atoms with E-state index in [1.807, 2.05) is 29.2 Å². The highest BCUT2D eigenvalue weighted by Crippen LogP contribution is 2.14. The van der Waals surface area contributed by atoms with Gasteiger partial charge in [0.25, 0.3) is 0 Å². The van der Waals surface area contributed by atoms with Crippen LogP contribution in [0.4, 0.5) is 5.69 Å². The van der Waals surface area contributed by atoms with Crippen molar-refractivity contribution >= 4 is 17.6 Å². The number of hydrogen-bond acceptors (Lipinski definition) is 3. The number of ether oxygens (including phenoxy) is 1. The van der Waals surface area contributed by atoms with E-state index >= 15 is 0 Å². The molecule has 19 heavy (non-hydrogen) atoms. The van der Waals surface area contributed by atoms with Gasteiger partial charge in [-0.05, 0) is 37.1 Å². The summed E-state index contributed by atoms with van der Waals surface area (Å²) in [6, 6.07) is 7.30. The number of benzene rings is 1. The molecule has 6 nitrogen and oxygen atoms in total. The molecule has 0 bridgehead atoms. The summed E-state index contributed by atoms with van der Waals surface area (Å²) in [5.74, 6) is 1.15. The van der Waals surface area contributed by atoms with Gasteiger partial charge >= 0.3 is 0 Å². The Kier molecular flexibility index (Phi) is 4.22. The first-order valence-electron chi connectivity index (χ1n) is 6.29. The molecule has 1 heterocycles. The fourth-order valence-electron chi connectivity index (χ4n) is 1.99. The van der Waals surface area contributed by atoms with Crippen molar-refractivity contribution in [1.82, 2.24) is 10.2 Å². The molecular formula is C13H19N5O. The normalized spacial score (nSPS) is 14.1. The molecule has 0 aliphatic carbocycles. The van der Waals surface area contributed by atoms with Crippen LogP contribution in [-0.4, -0.2) is 37.0 Å². The van der Waals surface area contributed by atoms with Gasteiger partial charge in [0.05, 0.1) is 7.11 Å². The zero-order valence-electron chi connectivity index (χ0n) is 11.0. The van der Waals surface area contributed by atoms with Crippen molar-refractivity contribution in [3.8, 4) is 5.75 Å². The molecule has 0 atom stereocenters. The maximum atomic E-state index is 7.86. The Bertz CT molecular complexity index is 451. The number of guanidine groups is 2. The van der Waals surface area contributed by atoms with Crippen LogP contribution in [-0.2, 0) is 0 Å². The van der Waals surface area contributed by atoms with Crippen molar-refractivity contribution in [3.05, 3.63) is 24.3 Å². The van der Waals surface area contributed by atoms with Gasteiger partial charge in [0.15, 0.2) is 11.9 Å². The number of likely N-dealkylation sites (tertiary alicyclic amines) is 1. The molecule has 1 aliphatic heterocycles. The molecule has 6 heteroatoms. The minimum atomic E-state index is 0.0991. The zero-order valence-corrected chi connectivity index (χ0v) is 11.0. The van der Waals surface area contributed by atoms with Gasteiger partial charge in [0.1, 0.15) is 5.75 Å². The van der Waals surface area contributed by atoms with Gasteiger partial charge in [-0.15, -0.1) is 0 Å². The van der Waals surface area contributed by atoms with Crippen LogP contribution in [0, 0.1) is 10.8 Å². The number of methoxy groups -OCH3 is 1. The van der Waals surface area contributed by atoms with Crippen LogP contribution in [0.1, 0.15) is 12.8 Å². The van der Waals surface area contributed by atoms with E-state index in [2.05, 4.69) is 10.6 Å². The van der Waals surface area contributed by atoms with Gasteiger partial charge in [-0.25, -0.2) is 0 Å². The van der Waals surface area contributed by atoms with E-state index in [0.717, 1.165) is 37.4 Å². The van der Waals surface area contributed by atoms with E-state index in [1.54, 1.807) is 7.11 Å². The summed E-state index contributed by atoms with van der Waals surface area (Å²) < 4.78 is 5.07. The molecule has 4 N–H and O–H groups in total. The highest BCUT2D eigenvalue weighted by molar-refractivity contribution is 6.02. The quantitative estimate of drug-likeness (QED) is 0.482. The highest BCUT2D eigenvalue weighted by Gasteiger charge is 2.15. The predicted molar refractivity (Wildman–Crippen MR) is 76.0 cm³/mol. The Morgan fingerprint density at radius 1 is 1.16 bits per heavy atom. The number of anilines is 1. The predicted octanol–water partition coefficient (Wildman–Crippen LogP) is 1.66. The number of nitrogens with one attached hydrogen (secondary N) is 4. The molecule has 0 spiro atoms. The van der Waals surface area contributed by atoms with Gasteiger partial charge in [-0.1, -0.05) is 0 Å². The zero-order chi connectivity index (χ0) is 13.7. The maximum absolute atomic E-state index is 7.86. The molecule has 1 aliphatic rings. The Morgan fingerprint density at radius 2 is 1.79 bits per heavy atom. The van der Waals surface area contributed by atoms with Crippen LogP contribution >= 0.6 is 0 Å². The molecule has 0 amide bonds. The van der Waals surface area contributed by atoms with Crippen molar-refractivity contribution in [2.75, 3.05) is 25.5 Å². The molecule has 2 rings (SSSR count). The molecule has 1 fully saturated rings. The first-order chi connectivity index (χ1) is 9.19. The first-order valence-corrected chi connectivity index (χ1v) is 6.29. The monoisotopic (exact) mass is 261 g/mol. The lowest BCUT2D eigenvalue weighted by molar-refractivity contribution is 0.415. The lowest BCUT2D eigenvalue weighted by atomic mass is 10.3. The van der Waals surface area contributed by atoms with Crippen LogP contribution in [0.15, 0.2) is 24.3 Å². The van der Waals surface area contributed by atoms with E-state index in [9.17, 15) is 0 Å². The van der Waals surface area contributed by atoms with Gasteiger partial charge in [-0.3, -0.25) is 16.1 Å². The fraction of sp³-hybridized carbons (Fsp3) is 0.385. The molecule has 0 aromatic heterocycles. The van der Waals surface area contributed by atoms with E-state index in [1.165, 1.54) is 0 Å². The Balaban J connectivity index is 1.84.